The first kappa shape index (κ1) is 14.8. The Morgan fingerprint density at radius 2 is 1.91 bits per heavy atom. The van der Waals surface area contributed by atoms with Crippen molar-refractivity contribution in [3.05, 3.63) is 60.7 Å². The minimum absolute atomic E-state index is 0.743. The van der Waals surface area contributed by atoms with Crippen molar-refractivity contribution >= 4 is 17.7 Å². The topological polar surface area (TPSA) is 66.5 Å². The van der Waals surface area contributed by atoms with Crippen molar-refractivity contribution < 1.29 is 4.42 Å². The molecule has 23 heavy (non-hydrogen) atoms. The molecule has 0 unspecified atom stereocenters. The van der Waals surface area contributed by atoms with Crippen LogP contribution in [0.25, 0.3) is 11.3 Å². The van der Waals surface area contributed by atoms with Crippen molar-refractivity contribution in [1.82, 2.24) is 9.97 Å². The number of nitrogens with one attached hydrogen (secondary N) is 1. The predicted octanol–water partition coefficient (Wildman–Crippen LogP) is 3.25. The number of benzene rings is 1. The second kappa shape index (κ2) is 6.74. The highest BCUT2D eigenvalue weighted by molar-refractivity contribution is 5.80. The lowest BCUT2D eigenvalue weighted by Crippen LogP contribution is -2.10. The van der Waals surface area contributed by atoms with Crippen molar-refractivity contribution in [1.29, 1.82) is 0 Å². The third-order valence-electron chi connectivity index (χ3n) is 3.24. The Morgan fingerprint density at radius 1 is 1.09 bits per heavy atom. The van der Waals surface area contributed by atoms with Gasteiger partial charge in [-0.05, 0) is 36.4 Å². The fourth-order valence-electron chi connectivity index (χ4n) is 1.99. The van der Waals surface area contributed by atoms with Crippen LogP contribution in [0.2, 0.25) is 0 Å². The fourth-order valence-corrected chi connectivity index (χ4v) is 1.99. The van der Waals surface area contributed by atoms with Gasteiger partial charge in [0.1, 0.15) is 5.82 Å². The number of hydrogen-bond acceptors (Lipinski definition) is 6. The van der Waals surface area contributed by atoms with Gasteiger partial charge in [0.15, 0.2) is 12.2 Å². The Hall–Kier alpha value is -3.15. The van der Waals surface area contributed by atoms with E-state index in [0.717, 1.165) is 28.4 Å². The van der Waals surface area contributed by atoms with Crippen molar-refractivity contribution in [2.75, 3.05) is 24.4 Å². The molecule has 0 aliphatic rings. The lowest BCUT2D eigenvalue weighted by molar-refractivity contribution is 0.572. The van der Waals surface area contributed by atoms with Crippen molar-refractivity contribution in [2.45, 2.75) is 0 Å². The lowest BCUT2D eigenvalue weighted by atomic mass is 10.2. The number of pyridine rings is 1. The van der Waals surface area contributed by atoms with Crippen molar-refractivity contribution in [3.8, 4) is 11.3 Å². The van der Waals surface area contributed by atoms with Crippen LogP contribution in [0.15, 0.2) is 64.7 Å². The summed E-state index contributed by atoms with van der Waals surface area (Å²) >= 11 is 0. The van der Waals surface area contributed by atoms with Gasteiger partial charge in [-0.1, -0.05) is 0 Å². The van der Waals surface area contributed by atoms with Crippen LogP contribution in [0.3, 0.4) is 0 Å². The van der Waals surface area contributed by atoms with Crippen LogP contribution >= 0.6 is 0 Å². The van der Waals surface area contributed by atoms with E-state index in [1.807, 2.05) is 55.4 Å². The zero-order valence-corrected chi connectivity index (χ0v) is 13.0. The molecule has 0 bridgehead atoms. The van der Waals surface area contributed by atoms with Crippen LogP contribution in [0.5, 0.6) is 0 Å². The van der Waals surface area contributed by atoms with Crippen LogP contribution in [-0.4, -0.2) is 30.3 Å². The maximum Gasteiger partial charge on any atom is 0.181 e. The number of oxazole rings is 1. The summed E-state index contributed by atoms with van der Waals surface area (Å²) < 4.78 is 5.25. The minimum Gasteiger partial charge on any atom is -0.444 e. The van der Waals surface area contributed by atoms with Gasteiger partial charge in [-0.25, -0.2) is 9.97 Å². The number of anilines is 2. The molecule has 0 fully saturated rings. The highest BCUT2D eigenvalue weighted by atomic mass is 16.3. The lowest BCUT2D eigenvalue weighted by Gasteiger charge is -2.10. The first-order chi connectivity index (χ1) is 11.2. The van der Waals surface area contributed by atoms with E-state index < -0.39 is 0 Å². The highest BCUT2D eigenvalue weighted by Crippen LogP contribution is 2.20. The van der Waals surface area contributed by atoms with E-state index in [2.05, 4.69) is 20.5 Å². The summed E-state index contributed by atoms with van der Waals surface area (Å²) in [5, 5.41) is 4.21. The van der Waals surface area contributed by atoms with E-state index in [1.165, 1.54) is 6.39 Å². The maximum atomic E-state index is 5.25. The minimum atomic E-state index is 0.743. The average Bonchev–Trinajstić information content (AvgIpc) is 3.10. The van der Waals surface area contributed by atoms with Crippen LogP contribution in [0.4, 0.5) is 11.5 Å². The standard InChI is InChI=1S/C17H17N5O/c1-22(2)17-8-3-13(9-19-17)10-20-21-15-6-4-14(5-7-15)16-11-18-12-23-16/h3-12,21H,1-2H3/b20-10+. The van der Waals surface area contributed by atoms with E-state index in [0.29, 0.717) is 0 Å². The van der Waals surface area contributed by atoms with E-state index in [9.17, 15) is 0 Å². The smallest absolute Gasteiger partial charge is 0.181 e. The third-order valence-corrected chi connectivity index (χ3v) is 3.24. The molecule has 1 aromatic carbocycles. The Balaban J connectivity index is 1.61. The molecule has 0 amide bonds. The summed E-state index contributed by atoms with van der Waals surface area (Å²) in [7, 11) is 3.92. The van der Waals surface area contributed by atoms with E-state index in [1.54, 1.807) is 18.6 Å². The average molecular weight is 307 g/mol. The summed E-state index contributed by atoms with van der Waals surface area (Å²) in [6, 6.07) is 11.7. The molecule has 3 rings (SSSR count). The third kappa shape index (κ3) is 3.74. The van der Waals surface area contributed by atoms with Gasteiger partial charge in [-0.15, -0.1) is 0 Å². The number of aromatic nitrogens is 2. The molecule has 3 aromatic rings. The zero-order chi connectivity index (χ0) is 16.1. The van der Waals surface area contributed by atoms with Gasteiger partial charge in [0.25, 0.3) is 0 Å². The molecular formula is C17H17N5O. The monoisotopic (exact) mass is 307 g/mol. The Bertz CT molecular complexity index is 762. The summed E-state index contributed by atoms with van der Waals surface area (Å²) in [5.74, 6) is 1.66. The van der Waals surface area contributed by atoms with Gasteiger partial charge in [-0.3, -0.25) is 5.43 Å². The number of rotatable bonds is 5. The summed E-state index contributed by atoms with van der Waals surface area (Å²) in [6.07, 6.45) is 6.62. The largest absolute Gasteiger partial charge is 0.444 e. The van der Waals surface area contributed by atoms with E-state index in [-0.39, 0.29) is 0 Å². The molecular weight excluding hydrogens is 290 g/mol. The highest BCUT2D eigenvalue weighted by Gasteiger charge is 2.00. The number of hydrazone groups is 1. The van der Waals surface area contributed by atoms with E-state index >= 15 is 0 Å². The first-order valence-corrected chi connectivity index (χ1v) is 7.14. The fraction of sp³-hybridized carbons (Fsp3) is 0.118. The Morgan fingerprint density at radius 3 is 2.52 bits per heavy atom. The van der Waals surface area contributed by atoms with Crippen LogP contribution < -0.4 is 10.3 Å². The summed E-state index contributed by atoms with van der Waals surface area (Å²) in [5.41, 5.74) is 5.78. The second-order valence-corrected chi connectivity index (χ2v) is 5.16. The van der Waals surface area contributed by atoms with Gasteiger partial charge < -0.3 is 9.32 Å². The molecule has 2 heterocycles. The first-order valence-electron chi connectivity index (χ1n) is 7.14. The molecule has 0 saturated carbocycles. The predicted molar refractivity (Wildman–Crippen MR) is 91.7 cm³/mol. The molecule has 6 heteroatoms. The summed E-state index contributed by atoms with van der Waals surface area (Å²) in [6.45, 7) is 0. The molecule has 1 N–H and O–H groups in total. The van der Waals surface area contributed by atoms with Gasteiger partial charge >= 0.3 is 0 Å². The molecule has 2 aromatic heterocycles. The molecule has 6 nitrogen and oxygen atoms in total. The molecule has 0 atom stereocenters. The molecule has 0 spiro atoms. The van der Waals surface area contributed by atoms with Gasteiger partial charge in [-0.2, -0.15) is 5.10 Å². The van der Waals surface area contributed by atoms with Crippen LogP contribution in [0, 0.1) is 0 Å². The molecule has 0 aliphatic heterocycles. The number of nitrogens with zero attached hydrogens (tertiary/aromatic N) is 4. The van der Waals surface area contributed by atoms with Gasteiger partial charge in [0, 0.05) is 31.4 Å². The van der Waals surface area contributed by atoms with E-state index in [4.69, 9.17) is 4.42 Å². The van der Waals surface area contributed by atoms with Crippen LogP contribution in [-0.2, 0) is 0 Å². The van der Waals surface area contributed by atoms with Gasteiger partial charge in [0.2, 0.25) is 0 Å². The Labute approximate surface area is 134 Å². The van der Waals surface area contributed by atoms with Crippen LogP contribution in [0.1, 0.15) is 5.56 Å². The molecule has 116 valence electrons. The van der Waals surface area contributed by atoms with Crippen molar-refractivity contribution in [2.24, 2.45) is 5.10 Å². The molecule has 0 saturated heterocycles. The maximum absolute atomic E-state index is 5.25. The summed E-state index contributed by atoms with van der Waals surface area (Å²) in [4.78, 5) is 10.2. The van der Waals surface area contributed by atoms with Gasteiger partial charge in [0.05, 0.1) is 18.1 Å². The normalized spacial score (nSPS) is 10.9. The second-order valence-electron chi connectivity index (χ2n) is 5.16. The SMILES string of the molecule is CN(C)c1ccc(/C=N/Nc2ccc(-c3cnco3)cc2)cn1. The number of hydrogen-bond donors (Lipinski definition) is 1. The quantitative estimate of drug-likeness (QED) is 0.579. The molecule has 0 aliphatic carbocycles. The zero-order valence-electron chi connectivity index (χ0n) is 13.0. The Kier molecular flexibility index (Phi) is 4.33. The van der Waals surface area contributed by atoms with Crippen molar-refractivity contribution in [3.63, 3.8) is 0 Å². The molecule has 0 radical (unpaired) electrons.